The van der Waals surface area contributed by atoms with Gasteiger partial charge in [-0.3, -0.25) is 4.98 Å². The molecule has 2 heterocycles. The Bertz CT molecular complexity index is 614. The Labute approximate surface area is 110 Å². The first kappa shape index (κ1) is 11.1. The van der Waals surface area contributed by atoms with Crippen LogP contribution in [0.5, 0.6) is 0 Å². The molecule has 1 aromatic carbocycles. The Morgan fingerprint density at radius 1 is 1.22 bits per heavy atom. The zero-order valence-corrected chi connectivity index (χ0v) is 10.5. The highest BCUT2D eigenvalue weighted by Gasteiger charge is 2.14. The van der Waals surface area contributed by atoms with Gasteiger partial charge in [0.1, 0.15) is 0 Å². The van der Waals surface area contributed by atoms with Crippen molar-refractivity contribution in [3.05, 3.63) is 42.2 Å². The normalized spacial score (nSPS) is 13.3. The van der Waals surface area contributed by atoms with E-state index < -0.39 is 0 Å². The zero-order valence-electron chi connectivity index (χ0n) is 9.68. The topological polar surface area (TPSA) is 48.7 Å². The fourth-order valence-corrected chi connectivity index (χ4v) is 3.01. The number of nitriles is 1. The minimum Gasteiger partial charge on any atom is -0.382 e. The molecule has 2 aromatic rings. The third-order valence-corrected chi connectivity index (χ3v) is 4.02. The van der Waals surface area contributed by atoms with E-state index in [2.05, 4.69) is 16.4 Å². The summed E-state index contributed by atoms with van der Waals surface area (Å²) in [5.74, 6) is 1.07. The molecule has 0 spiro atoms. The lowest BCUT2D eigenvalue weighted by atomic mass is 10.1. The highest BCUT2D eigenvalue weighted by atomic mass is 32.2. The molecule has 0 aliphatic carbocycles. The van der Waals surface area contributed by atoms with Crippen LogP contribution in [0.2, 0.25) is 0 Å². The number of nitrogens with one attached hydrogen (secondary N) is 1. The smallest absolute Gasteiger partial charge is 0.0991 e. The highest BCUT2D eigenvalue weighted by molar-refractivity contribution is 7.99. The number of nitrogens with zero attached hydrogens (tertiary/aromatic N) is 2. The molecule has 0 atom stereocenters. The molecule has 0 saturated heterocycles. The van der Waals surface area contributed by atoms with Crippen LogP contribution in [0, 0.1) is 11.3 Å². The van der Waals surface area contributed by atoms with Crippen LogP contribution in [0.15, 0.2) is 41.6 Å². The van der Waals surface area contributed by atoms with Crippen molar-refractivity contribution in [1.82, 2.24) is 4.98 Å². The van der Waals surface area contributed by atoms with Gasteiger partial charge < -0.3 is 5.32 Å². The molecular weight excluding hydrogens is 242 g/mol. The summed E-state index contributed by atoms with van der Waals surface area (Å²) in [5.41, 5.74) is 4.03. The van der Waals surface area contributed by atoms with E-state index in [0.29, 0.717) is 5.56 Å². The Kier molecular flexibility index (Phi) is 2.91. The fourth-order valence-electron chi connectivity index (χ4n) is 2.00. The second-order valence-electron chi connectivity index (χ2n) is 4.03. The van der Waals surface area contributed by atoms with Crippen LogP contribution in [-0.2, 0) is 0 Å². The van der Waals surface area contributed by atoms with Crippen molar-refractivity contribution >= 4 is 17.4 Å². The van der Waals surface area contributed by atoms with Gasteiger partial charge in [0.2, 0.25) is 0 Å². The average molecular weight is 253 g/mol. The van der Waals surface area contributed by atoms with Gasteiger partial charge in [-0.25, -0.2) is 0 Å². The molecular formula is C14H11N3S. The molecule has 4 heteroatoms. The number of hydrogen-bond donors (Lipinski definition) is 1. The zero-order chi connectivity index (χ0) is 12.4. The standard InChI is InChI=1S/C14H11N3S/c15-7-10-1-3-11(4-2-10)12-8-16-9-13-14(12)18-6-5-17-13/h1-4,8-9,17H,5-6H2. The quantitative estimate of drug-likeness (QED) is 0.848. The summed E-state index contributed by atoms with van der Waals surface area (Å²) < 4.78 is 0. The summed E-state index contributed by atoms with van der Waals surface area (Å²) in [6, 6.07) is 9.77. The van der Waals surface area contributed by atoms with Crippen LogP contribution in [0.4, 0.5) is 5.69 Å². The van der Waals surface area contributed by atoms with E-state index >= 15 is 0 Å². The maximum absolute atomic E-state index is 8.81. The van der Waals surface area contributed by atoms with Crippen LogP contribution in [0.25, 0.3) is 11.1 Å². The van der Waals surface area contributed by atoms with Gasteiger partial charge in [0, 0.05) is 29.0 Å². The molecule has 0 saturated carbocycles. The van der Waals surface area contributed by atoms with E-state index in [0.717, 1.165) is 29.1 Å². The molecule has 88 valence electrons. The second kappa shape index (κ2) is 4.71. The van der Waals surface area contributed by atoms with E-state index in [1.165, 1.54) is 4.90 Å². The predicted octanol–water partition coefficient (Wildman–Crippen LogP) is 3.14. The lowest BCUT2D eigenvalue weighted by Gasteiger charge is -2.19. The molecule has 0 unspecified atom stereocenters. The van der Waals surface area contributed by atoms with Gasteiger partial charge in [-0.2, -0.15) is 5.26 Å². The summed E-state index contributed by atoms with van der Waals surface area (Å²) >= 11 is 1.85. The first-order valence-electron chi connectivity index (χ1n) is 5.74. The molecule has 18 heavy (non-hydrogen) atoms. The van der Waals surface area contributed by atoms with Crippen molar-refractivity contribution in [2.24, 2.45) is 0 Å². The van der Waals surface area contributed by atoms with Gasteiger partial charge in [0.15, 0.2) is 0 Å². The summed E-state index contributed by atoms with van der Waals surface area (Å²) in [6.45, 7) is 0.982. The monoisotopic (exact) mass is 253 g/mol. The predicted molar refractivity (Wildman–Crippen MR) is 73.6 cm³/mol. The first-order chi connectivity index (χ1) is 8.88. The Morgan fingerprint density at radius 3 is 2.83 bits per heavy atom. The van der Waals surface area contributed by atoms with Gasteiger partial charge in [-0.15, -0.1) is 11.8 Å². The molecule has 3 rings (SSSR count). The minimum absolute atomic E-state index is 0.683. The number of anilines is 1. The average Bonchev–Trinajstić information content (AvgIpc) is 2.47. The van der Waals surface area contributed by atoms with Crippen molar-refractivity contribution in [1.29, 1.82) is 5.26 Å². The number of benzene rings is 1. The molecule has 0 bridgehead atoms. The molecule has 0 fully saturated rings. The maximum atomic E-state index is 8.81. The van der Waals surface area contributed by atoms with Crippen LogP contribution in [-0.4, -0.2) is 17.3 Å². The lowest BCUT2D eigenvalue weighted by molar-refractivity contribution is 1.14. The third-order valence-electron chi connectivity index (χ3n) is 2.89. The van der Waals surface area contributed by atoms with Crippen LogP contribution in [0.3, 0.4) is 0 Å². The van der Waals surface area contributed by atoms with E-state index in [4.69, 9.17) is 5.26 Å². The molecule has 3 nitrogen and oxygen atoms in total. The minimum atomic E-state index is 0.683. The van der Waals surface area contributed by atoms with Crippen LogP contribution < -0.4 is 5.32 Å². The number of pyridine rings is 1. The molecule has 1 N–H and O–H groups in total. The summed E-state index contributed by atoms with van der Waals surface area (Å²) in [4.78, 5) is 5.53. The van der Waals surface area contributed by atoms with Crippen molar-refractivity contribution in [3.63, 3.8) is 0 Å². The lowest BCUT2D eigenvalue weighted by Crippen LogP contribution is -2.11. The van der Waals surface area contributed by atoms with E-state index in [1.807, 2.05) is 48.4 Å². The maximum Gasteiger partial charge on any atom is 0.0991 e. The number of fused-ring (bicyclic) bond motifs is 1. The summed E-state index contributed by atoms with van der Waals surface area (Å²) in [5, 5.41) is 12.2. The third kappa shape index (κ3) is 1.93. The van der Waals surface area contributed by atoms with Gasteiger partial charge in [-0.1, -0.05) is 12.1 Å². The van der Waals surface area contributed by atoms with Gasteiger partial charge in [0.25, 0.3) is 0 Å². The van der Waals surface area contributed by atoms with E-state index in [-0.39, 0.29) is 0 Å². The van der Waals surface area contributed by atoms with Gasteiger partial charge in [-0.05, 0) is 17.7 Å². The number of rotatable bonds is 1. The highest BCUT2D eigenvalue weighted by Crippen LogP contribution is 2.38. The number of hydrogen-bond acceptors (Lipinski definition) is 4. The molecule has 1 aliphatic heterocycles. The summed E-state index contributed by atoms with van der Waals surface area (Å²) in [7, 11) is 0. The molecule has 0 amide bonds. The SMILES string of the molecule is N#Cc1ccc(-c2cncc3c2SCCN3)cc1. The Hall–Kier alpha value is -1.99. The van der Waals surface area contributed by atoms with Crippen molar-refractivity contribution in [3.8, 4) is 17.2 Å². The van der Waals surface area contributed by atoms with E-state index in [9.17, 15) is 0 Å². The number of aromatic nitrogens is 1. The van der Waals surface area contributed by atoms with Crippen molar-refractivity contribution in [2.45, 2.75) is 4.90 Å². The van der Waals surface area contributed by atoms with Crippen LogP contribution in [0.1, 0.15) is 5.56 Å². The van der Waals surface area contributed by atoms with Crippen LogP contribution >= 0.6 is 11.8 Å². The first-order valence-corrected chi connectivity index (χ1v) is 6.72. The number of thioether (sulfide) groups is 1. The Morgan fingerprint density at radius 2 is 2.06 bits per heavy atom. The fraction of sp³-hybridized carbons (Fsp3) is 0.143. The molecule has 1 aliphatic rings. The summed E-state index contributed by atoms with van der Waals surface area (Å²) in [6.07, 6.45) is 3.76. The van der Waals surface area contributed by atoms with Crippen molar-refractivity contribution < 1.29 is 0 Å². The largest absolute Gasteiger partial charge is 0.382 e. The van der Waals surface area contributed by atoms with Gasteiger partial charge >= 0.3 is 0 Å². The molecule has 1 aromatic heterocycles. The Balaban J connectivity index is 2.08. The second-order valence-corrected chi connectivity index (χ2v) is 5.13. The molecule has 0 radical (unpaired) electrons. The van der Waals surface area contributed by atoms with Crippen molar-refractivity contribution in [2.75, 3.05) is 17.6 Å². The van der Waals surface area contributed by atoms with E-state index in [1.54, 1.807) is 0 Å². The van der Waals surface area contributed by atoms with Gasteiger partial charge in [0.05, 0.1) is 23.5 Å².